The number of ether oxygens (including phenoxy) is 8. The number of hydrogen-bond acceptors (Lipinski definition) is 13. The molecule has 0 aromatic heterocycles. The second-order valence-electron chi connectivity index (χ2n) is 10.5. The van der Waals surface area contributed by atoms with Crippen LogP contribution in [0.2, 0.25) is 0 Å². The average Bonchev–Trinajstić information content (AvgIpc) is 3.09. The van der Waals surface area contributed by atoms with E-state index in [4.69, 9.17) is 37.9 Å². The molecule has 0 unspecified atom stereocenters. The molecule has 0 aromatic carbocycles. The number of nitrogens with one attached hydrogen (secondary N) is 4. The fraction of sp³-hybridized carbons (Fsp3) is 0.875. The molecular weight excluding hydrogens is 646 g/mol. The first-order valence-corrected chi connectivity index (χ1v) is 17.3. The van der Waals surface area contributed by atoms with Crippen molar-refractivity contribution < 1.29 is 57.1 Å². The standard InChI is InChI=1S/C32H63N5O12/c1-4-6-7-34-30(39)26-47-23-20-43-14-9-33-8-13-42-18-19-46-17-12-37(3)32(41)28-49-25-22-45-16-11-36-31(40)27-48-24-21-44-15-10-35-29(38)5-2/h33H,4-28H2,1-3H3,(H,34,39)(H,35,38)(H,36,40). The molecule has 0 saturated heterocycles. The highest BCUT2D eigenvalue weighted by molar-refractivity contribution is 5.77. The molecule has 288 valence electrons. The molecule has 0 saturated carbocycles. The summed E-state index contributed by atoms with van der Waals surface area (Å²) in [6, 6.07) is 0. The molecule has 0 bridgehead atoms. The van der Waals surface area contributed by atoms with Crippen LogP contribution in [-0.2, 0) is 57.1 Å². The Balaban J connectivity index is 3.38. The Bertz CT molecular complexity index is 812. The van der Waals surface area contributed by atoms with Crippen LogP contribution >= 0.6 is 0 Å². The van der Waals surface area contributed by atoms with E-state index in [2.05, 4.69) is 28.2 Å². The number of nitrogens with zero attached hydrogens (tertiary/aromatic N) is 1. The van der Waals surface area contributed by atoms with Crippen LogP contribution in [0.5, 0.6) is 0 Å². The first-order valence-electron chi connectivity index (χ1n) is 17.3. The van der Waals surface area contributed by atoms with Crippen LogP contribution in [0.15, 0.2) is 0 Å². The highest BCUT2D eigenvalue weighted by Gasteiger charge is 2.08. The van der Waals surface area contributed by atoms with Crippen molar-refractivity contribution in [2.24, 2.45) is 0 Å². The number of rotatable bonds is 37. The van der Waals surface area contributed by atoms with Gasteiger partial charge in [-0.1, -0.05) is 20.3 Å². The molecule has 0 radical (unpaired) electrons. The highest BCUT2D eigenvalue weighted by Crippen LogP contribution is 1.90. The Hall–Kier alpha value is -2.48. The third-order valence-electron chi connectivity index (χ3n) is 6.33. The van der Waals surface area contributed by atoms with E-state index in [0.717, 1.165) is 12.8 Å². The van der Waals surface area contributed by atoms with Crippen molar-refractivity contribution in [2.45, 2.75) is 33.1 Å². The number of likely N-dealkylation sites (N-methyl/N-ethyl adjacent to an activating group) is 1. The Kier molecular flexibility index (Phi) is 34.9. The molecule has 0 aliphatic heterocycles. The summed E-state index contributed by atoms with van der Waals surface area (Å²) >= 11 is 0. The van der Waals surface area contributed by atoms with Gasteiger partial charge in [-0.15, -0.1) is 0 Å². The third kappa shape index (κ3) is 35.2. The third-order valence-corrected chi connectivity index (χ3v) is 6.33. The Morgan fingerprint density at radius 1 is 0.469 bits per heavy atom. The van der Waals surface area contributed by atoms with Gasteiger partial charge in [0.25, 0.3) is 0 Å². The summed E-state index contributed by atoms with van der Waals surface area (Å²) in [6.07, 6.45) is 2.45. The normalized spacial score (nSPS) is 11.0. The Labute approximate surface area is 292 Å². The van der Waals surface area contributed by atoms with Gasteiger partial charge in [-0.3, -0.25) is 19.2 Å². The molecule has 0 atom stereocenters. The van der Waals surface area contributed by atoms with Gasteiger partial charge in [0.2, 0.25) is 23.6 Å². The molecular formula is C32H63N5O12. The first-order chi connectivity index (χ1) is 23.9. The summed E-state index contributed by atoms with van der Waals surface area (Å²) in [5.74, 6) is -0.538. The van der Waals surface area contributed by atoms with Gasteiger partial charge in [0.15, 0.2) is 0 Å². The zero-order chi connectivity index (χ0) is 36.0. The van der Waals surface area contributed by atoms with Crippen molar-refractivity contribution in [3.63, 3.8) is 0 Å². The zero-order valence-electron chi connectivity index (χ0n) is 30.0. The fourth-order valence-corrected chi connectivity index (χ4v) is 3.48. The molecule has 0 fully saturated rings. The smallest absolute Gasteiger partial charge is 0.248 e. The van der Waals surface area contributed by atoms with Crippen molar-refractivity contribution in [3.8, 4) is 0 Å². The molecule has 0 spiro atoms. The quantitative estimate of drug-likeness (QED) is 0.0559. The van der Waals surface area contributed by atoms with E-state index in [1.54, 1.807) is 18.9 Å². The second-order valence-corrected chi connectivity index (χ2v) is 10.5. The number of carbonyl (C=O) groups excluding carboxylic acids is 4. The lowest BCUT2D eigenvalue weighted by Gasteiger charge is -2.17. The maximum absolute atomic E-state index is 12.2. The minimum absolute atomic E-state index is 0.0230. The molecule has 0 aliphatic rings. The van der Waals surface area contributed by atoms with Gasteiger partial charge in [0.1, 0.15) is 19.8 Å². The number of hydrogen-bond donors (Lipinski definition) is 4. The van der Waals surface area contributed by atoms with E-state index in [1.165, 1.54) is 0 Å². The summed E-state index contributed by atoms with van der Waals surface area (Å²) < 4.78 is 43.1. The van der Waals surface area contributed by atoms with E-state index in [1.807, 2.05) is 0 Å². The van der Waals surface area contributed by atoms with Crippen LogP contribution in [0.1, 0.15) is 33.1 Å². The van der Waals surface area contributed by atoms with E-state index in [9.17, 15) is 19.2 Å². The van der Waals surface area contributed by atoms with Crippen LogP contribution in [0.25, 0.3) is 0 Å². The number of unbranched alkanes of at least 4 members (excludes halogenated alkanes) is 1. The second kappa shape index (κ2) is 36.8. The van der Waals surface area contributed by atoms with Crippen LogP contribution in [-0.4, -0.2) is 181 Å². The summed E-state index contributed by atoms with van der Waals surface area (Å²) in [5.41, 5.74) is 0. The lowest BCUT2D eigenvalue weighted by Crippen LogP contribution is -2.34. The molecule has 0 aromatic rings. The highest BCUT2D eigenvalue weighted by atomic mass is 16.5. The van der Waals surface area contributed by atoms with Crippen molar-refractivity contribution in [1.82, 2.24) is 26.2 Å². The van der Waals surface area contributed by atoms with Gasteiger partial charge >= 0.3 is 0 Å². The monoisotopic (exact) mass is 709 g/mol. The zero-order valence-corrected chi connectivity index (χ0v) is 30.0. The SMILES string of the molecule is CCCCNC(=O)COCCOCCNCCOCCOCCN(C)C(=O)COCCOCCNC(=O)COCCOCCNC(=O)CC. The van der Waals surface area contributed by atoms with Gasteiger partial charge in [0, 0.05) is 52.7 Å². The lowest BCUT2D eigenvalue weighted by atomic mass is 10.3. The summed E-state index contributed by atoms with van der Waals surface area (Å²) in [6.45, 7) is 12.1. The maximum Gasteiger partial charge on any atom is 0.248 e. The van der Waals surface area contributed by atoms with Gasteiger partial charge in [0.05, 0.1) is 85.9 Å². The molecule has 17 heteroatoms. The predicted octanol–water partition coefficient (Wildman–Crippen LogP) is -1.27. The molecule has 4 amide bonds. The van der Waals surface area contributed by atoms with Crippen molar-refractivity contribution in [2.75, 3.05) is 152 Å². The Morgan fingerprint density at radius 2 is 0.878 bits per heavy atom. The fourth-order valence-electron chi connectivity index (χ4n) is 3.48. The molecule has 17 nitrogen and oxygen atoms in total. The van der Waals surface area contributed by atoms with E-state index in [0.29, 0.717) is 118 Å². The van der Waals surface area contributed by atoms with Gasteiger partial charge in [-0.2, -0.15) is 0 Å². The van der Waals surface area contributed by atoms with Crippen molar-refractivity contribution in [3.05, 3.63) is 0 Å². The molecule has 0 aliphatic carbocycles. The van der Waals surface area contributed by atoms with Crippen LogP contribution < -0.4 is 21.3 Å². The van der Waals surface area contributed by atoms with E-state index < -0.39 is 0 Å². The molecule has 0 heterocycles. The van der Waals surface area contributed by atoms with Crippen LogP contribution in [0, 0.1) is 0 Å². The van der Waals surface area contributed by atoms with E-state index in [-0.39, 0.29) is 56.7 Å². The topological polar surface area (TPSA) is 193 Å². The number of amides is 4. The first kappa shape index (κ1) is 46.5. The van der Waals surface area contributed by atoms with Crippen LogP contribution in [0.3, 0.4) is 0 Å². The van der Waals surface area contributed by atoms with Crippen LogP contribution in [0.4, 0.5) is 0 Å². The lowest BCUT2D eigenvalue weighted by molar-refractivity contribution is -0.136. The molecule has 0 rings (SSSR count). The number of carbonyl (C=O) groups is 4. The minimum Gasteiger partial charge on any atom is -0.378 e. The summed E-state index contributed by atoms with van der Waals surface area (Å²) in [4.78, 5) is 48.0. The van der Waals surface area contributed by atoms with Gasteiger partial charge in [-0.25, -0.2) is 0 Å². The predicted molar refractivity (Wildman–Crippen MR) is 181 cm³/mol. The largest absolute Gasteiger partial charge is 0.378 e. The van der Waals surface area contributed by atoms with E-state index >= 15 is 0 Å². The van der Waals surface area contributed by atoms with Crippen molar-refractivity contribution in [1.29, 1.82) is 0 Å². The van der Waals surface area contributed by atoms with Crippen molar-refractivity contribution >= 4 is 23.6 Å². The molecule has 4 N–H and O–H groups in total. The van der Waals surface area contributed by atoms with Gasteiger partial charge < -0.3 is 64.1 Å². The average molecular weight is 710 g/mol. The molecule has 49 heavy (non-hydrogen) atoms. The summed E-state index contributed by atoms with van der Waals surface area (Å²) in [5, 5.41) is 11.4. The maximum atomic E-state index is 12.2. The summed E-state index contributed by atoms with van der Waals surface area (Å²) in [7, 11) is 1.69. The van der Waals surface area contributed by atoms with Gasteiger partial charge in [-0.05, 0) is 6.42 Å². The minimum atomic E-state index is -0.257. The Morgan fingerprint density at radius 3 is 1.37 bits per heavy atom.